The summed E-state index contributed by atoms with van der Waals surface area (Å²) in [5.41, 5.74) is 5.83. The Balaban J connectivity index is 1.55. The van der Waals surface area contributed by atoms with Gasteiger partial charge < -0.3 is 15.7 Å². The molecule has 7 heteroatoms. The van der Waals surface area contributed by atoms with E-state index in [1.54, 1.807) is 11.8 Å². The molecule has 3 aromatic rings. The van der Waals surface area contributed by atoms with Gasteiger partial charge in [0.1, 0.15) is 6.04 Å². The third-order valence-corrected chi connectivity index (χ3v) is 10.4. The number of benzene rings is 3. The number of nitrogens with one attached hydrogen (secondary N) is 2. The highest BCUT2D eigenvalue weighted by Gasteiger charge is 2.23. The van der Waals surface area contributed by atoms with Crippen LogP contribution in [0.15, 0.2) is 71.6 Å². The van der Waals surface area contributed by atoms with Crippen LogP contribution in [0.5, 0.6) is 0 Å². The Morgan fingerprint density at radius 1 is 0.930 bits per heavy atom. The molecule has 0 bridgehead atoms. The number of thioether (sulfide) groups is 2. The number of carboxylic acid groups (broad SMARTS) is 1. The maximum atomic E-state index is 13.5. The Morgan fingerprint density at radius 3 is 2.35 bits per heavy atom. The van der Waals surface area contributed by atoms with Crippen LogP contribution in [0.4, 0.5) is 0 Å². The fraction of sp³-hybridized carbons (Fsp3) is 0.444. The molecule has 43 heavy (non-hydrogen) atoms. The summed E-state index contributed by atoms with van der Waals surface area (Å²) in [5.74, 6) is 1.09. The van der Waals surface area contributed by atoms with Gasteiger partial charge in [0.2, 0.25) is 0 Å². The maximum Gasteiger partial charge on any atom is 0.326 e. The van der Waals surface area contributed by atoms with E-state index in [9.17, 15) is 14.7 Å². The van der Waals surface area contributed by atoms with E-state index in [2.05, 4.69) is 47.9 Å². The molecule has 1 saturated carbocycles. The van der Waals surface area contributed by atoms with Crippen molar-refractivity contribution in [2.45, 2.75) is 82.3 Å². The molecule has 0 saturated heterocycles. The summed E-state index contributed by atoms with van der Waals surface area (Å²) >= 11 is 3.51. The predicted molar refractivity (Wildman–Crippen MR) is 182 cm³/mol. The molecule has 1 amide bonds. The lowest BCUT2D eigenvalue weighted by Crippen LogP contribution is -2.41. The molecule has 0 unspecified atom stereocenters. The first-order valence-electron chi connectivity index (χ1n) is 15.5. The Hall–Kier alpha value is -2.74. The minimum Gasteiger partial charge on any atom is -0.480 e. The molecule has 230 valence electrons. The van der Waals surface area contributed by atoms with Crippen molar-refractivity contribution >= 4 is 35.4 Å². The molecule has 0 radical (unpaired) electrons. The molecule has 4 rings (SSSR count). The van der Waals surface area contributed by atoms with E-state index in [-0.39, 0.29) is 5.91 Å². The monoisotopic (exact) mass is 618 g/mol. The quantitative estimate of drug-likeness (QED) is 0.149. The van der Waals surface area contributed by atoms with Crippen molar-refractivity contribution in [2.75, 3.05) is 17.8 Å². The summed E-state index contributed by atoms with van der Waals surface area (Å²) in [7, 11) is 0. The molecule has 1 fully saturated rings. The van der Waals surface area contributed by atoms with Crippen molar-refractivity contribution in [3.63, 3.8) is 0 Å². The molecule has 2 atom stereocenters. The van der Waals surface area contributed by atoms with Gasteiger partial charge in [-0.05, 0) is 90.6 Å². The fourth-order valence-corrected chi connectivity index (χ4v) is 7.51. The molecule has 0 aliphatic heterocycles. The van der Waals surface area contributed by atoms with Crippen molar-refractivity contribution in [3.8, 4) is 11.1 Å². The number of rotatable bonds is 15. The number of carbonyl (C=O) groups excluding carboxylic acids is 1. The lowest BCUT2D eigenvalue weighted by molar-refractivity contribution is -0.139. The second-order valence-electron chi connectivity index (χ2n) is 11.7. The highest BCUT2D eigenvalue weighted by atomic mass is 32.2. The minimum atomic E-state index is -1.01. The number of aliphatic carboxylic acids is 1. The van der Waals surface area contributed by atoms with Gasteiger partial charge in [-0.15, -0.1) is 11.8 Å². The number of aryl methyl sites for hydroxylation is 2. The summed E-state index contributed by atoms with van der Waals surface area (Å²) in [6.07, 6.45) is 10.2. The van der Waals surface area contributed by atoms with Gasteiger partial charge in [-0.1, -0.05) is 80.6 Å². The van der Waals surface area contributed by atoms with Crippen LogP contribution < -0.4 is 10.6 Å². The Kier molecular flexibility index (Phi) is 13.1. The van der Waals surface area contributed by atoms with E-state index in [0.29, 0.717) is 30.3 Å². The van der Waals surface area contributed by atoms with Crippen molar-refractivity contribution < 1.29 is 14.7 Å². The molecule has 0 heterocycles. The number of hydrogen-bond donors (Lipinski definition) is 3. The van der Waals surface area contributed by atoms with E-state index >= 15 is 0 Å². The average Bonchev–Trinajstić information content (AvgIpc) is 3.01. The van der Waals surface area contributed by atoms with Crippen molar-refractivity contribution in [3.05, 3.63) is 89.0 Å². The largest absolute Gasteiger partial charge is 0.480 e. The number of carbonyl (C=O) groups is 2. The summed E-state index contributed by atoms with van der Waals surface area (Å²) in [6.45, 7) is 4.93. The van der Waals surface area contributed by atoms with Crippen LogP contribution in [0.3, 0.4) is 0 Å². The number of hydrogen-bond acceptors (Lipinski definition) is 5. The zero-order chi connectivity index (χ0) is 30.6. The zero-order valence-electron chi connectivity index (χ0n) is 25.7. The average molecular weight is 619 g/mol. The van der Waals surface area contributed by atoms with Crippen LogP contribution in [0.2, 0.25) is 0 Å². The fourth-order valence-electron chi connectivity index (χ4n) is 5.93. The van der Waals surface area contributed by atoms with Gasteiger partial charge in [-0.3, -0.25) is 4.79 Å². The lowest BCUT2D eigenvalue weighted by Gasteiger charge is -2.27. The van der Waals surface area contributed by atoms with Gasteiger partial charge in [-0.2, -0.15) is 11.8 Å². The summed E-state index contributed by atoms with van der Waals surface area (Å²) in [5, 5.41) is 16.4. The zero-order valence-corrected chi connectivity index (χ0v) is 27.4. The van der Waals surface area contributed by atoms with E-state index in [0.717, 1.165) is 33.9 Å². The molecule has 3 N–H and O–H groups in total. The predicted octanol–water partition coefficient (Wildman–Crippen LogP) is 8.13. The first kappa shape index (κ1) is 33.2. The standard InChI is InChI=1S/C36H46N2O3S2/c1-25-11-7-9-15-30(25)32-22-28(17-18-31(32)35(39)38-33(36(40)41)19-20-42-3)23-37-29(21-27-13-5-4-6-14-27)24-43-34-16-10-8-12-26(34)2/h7-12,15-18,22,27,29,33,37H,4-6,13-14,19-21,23-24H2,1-3H3,(H,38,39)(H,40,41)/t29-,33-/m0/s1. The molecule has 3 aromatic carbocycles. The number of carboxylic acids is 1. The van der Waals surface area contributed by atoms with Gasteiger partial charge in [0, 0.05) is 28.8 Å². The van der Waals surface area contributed by atoms with E-state index in [4.69, 9.17) is 0 Å². The van der Waals surface area contributed by atoms with Crippen molar-refractivity contribution in [1.29, 1.82) is 0 Å². The van der Waals surface area contributed by atoms with Crippen LogP contribution in [0.1, 0.15) is 72.0 Å². The van der Waals surface area contributed by atoms with Crippen molar-refractivity contribution in [1.82, 2.24) is 10.6 Å². The number of amides is 1. The van der Waals surface area contributed by atoms with Gasteiger partial charge in [0.05, 0.1) is 0 Å². The summed E-state index contributed by atoms with van der Waals surface area (Å²) in [6, 6.07) is 22.1. The molecule has 0 aromatic heterocycles. The molecular formula is C36H46N2O3S2. The smallest absolute Gasteiger partial charge is 0.326 e. The highest BCUT2D eigenvalue weighted by molar-refractivity contribution is 7.99. The molecule has 1 aliphatic rings. The maximum absolute atomic E-state index is 13.5. The normalized spacial score (nSPS) is 15.1. The Labute approximate surface area is 266 Å². The molecular weight excluding hydrogens is 573 g/mol. The Bertz CT molecular complexity index is 1360. The minimum absolute atomic E-state index is 0.351. The van der Waals surface area contributed by atoms with Crippen LogP contribution in [-0.4, -0.2) is 46.8 Å². The molecule has 5 nitrogen and oxygen atoms in total. The van der Waals surface area contributed by atoms with E-state index in [1.807, 2.05) is 61.3 Å². The third-order valence-electron chi connectivity index (χ3n) is 8.45. The summed E-state index contributed by atoms with van der Waals surface area (Å²) in [4.78, 5) is 26.7. The highest BCUT2D eigenvalue weighted by Crippen LogP contribution is 2.31. The Morgan fingerprint density at radius 2 is 1.65 bits per heavy atom. The topological polar surface area (TPSA) is 78.4 Å². The molecule has 1 aliphatic carbocycles. The van der Waals surface area contributed by atoms with Gasteiger partial charge in [-0.25, -0.2) is 4.79 Å². The van der Waals surface area contributed by atoms with E-state index < -0.39 is 12.0 Å². The van der Waals surface area contributed by atoms with Gasteiger partial charge >= 0.3 is 5.97 Å². The van der Waals surface area contributed by atoms with Gasteiger partial charge in [0.25, 0.3) is 5.91 Å². The van der Waals surface area contributed by atoms with Crippen LogP contribution in [0, 0.1) is 19.8 Å². The summed E-state index contributed by atoms with van der Waals surface area (Å²) < 4.78 is 0. The SMILES string of the molecule is CSCC[C@H](NC(=O)c1ccc(CN[C@H](CSc2ccccc2C)CC2CCCCC2)cc1-c1ccccc1C)C(=O)O. The van der Waals surface area contributed by atoms with Crippen molar-refractivity contribution in [2.24, 2.45) is 5.92 Å². The first-order valence-corrected chi connectivity index (χ1v) is 17.9. The lowest BCUT2D eigenvalue weighted by atomic mass is 9.85. The van der Waals surface area contributed by atoms with Gasteiger partial charge in [0.15, 0.2) is 0 Å². The molecule has 0 spiro atoms. The van der Waals surface area contributed by atoms with Crippen LogP contribution in [-0.2, 0) is 11.3 Å². The van der Waals surface area contributed by atoms with E-state index in [1.165, 1.54) is 49.0 Å². The first-order chi connectivity index (χ1) is 20.9. The second-order valence-corrected chi connectivity index (χ2v) is 13.8. The second kappa shape index (κ2) is 16.9. The van der Waals surface area contributed by atoms with Crippen LogP contribution >= 0.6 is 23.5 Å². The third kappa shape index (κ3) is 9.88. The van der Waals surface area contributed by atoms with Crippen LogP contribution in [0.25, 0.3) is 11.1 Å².